The standard InChI is InChI=1S/C20H26ClN3O3S/c1-4-24(5-2)28(26,27)17-12-10-16(11-13-17)23-20(25)14-22-15(3)18-8-6-7-9-19(18)21/h6-13,15,22H,4-5,14H2,1-3H3,(H,23,25)/p+1/t15-/m1/s1. The predicted molar refractivity (Wildman–Crippen MR) is 112 cm³/mol. The van der Waals surface area contributed by atoms with Gasteiger partial charge in [0.1, 0.15) is 6.04 Å². The molecule has 0 radical (unpaired) electrons. The number of amides is 1. The Kier molecular flexibility index (Phi) is 8.00. The molecule has 0 aliphatic carbocycles. The summed E-state index contributed by atoms with van der Waals surface area (Å²) >= 11 is 6.19. The van der Waals surface area contributed by atoms with Gasteiger partial charge in [0.05, 0.1) is 4.90 Å². The summed E-state index contributed by atoms with van der Waals surface area (Å²) in [7, 11) is -3.50. The van der Waals surface area contributed by atoms with Crippen molar-refractivity contribution in [3.63, 3.8) is 0 Å². The average molecular weight is 425 g/mol. The number of anilines is 1. The van der Waals surface area contributed by atoms with Crippen LogP contribution in [-0.2, 0) is 14.8 Å². The second-order valence-electron chi connectivity index (χ2n) is 6.41. The van der Waals surface area contributed by atoms with Crippen LogP contribution in [0.25, 0.3) is 0 Å². The van der Waals surface area contributed by atoms with Crippen molar-refractivity contribution in [2.75, 3.05) is 25.0 Å². The van der Waals surface area contributed by atoms with E-state index in [2.05, 4.69) is 5.32 Å². The molecule has 8 heteroatoms. The molecular weight excluding hydrogens is 398 g/mol. The fraction of sp³-hybridized carbons (Fsp3) is 0.350. The van der Waals surface area contributed by atoms with Crippen LogP contribution in [0.15, 0.2) is 53.4 Å². The second kappa shape index (κ2) is 10.0. The highest BCUT2D eigenvalue weighted by Crippen LogP contribution is 2.20. The molecule has 0 aromatic heterocycles. The van der Waals surface area contributed by atoms with Gasteiger partial charge in [-0.2, -0.15) is 4.31 Å². The Morgan fingerprint density at radius 3 is 2.29 bits per heavy atom. The maximum absolute atomic E-state index is 12.5. The molecule has 0 bridgehead atoms. The van der Waals surface area contributed by atoms with Crippen LogP contribution < -0.4 is 10.6 Å². The Morgan fingerprint density at radius 1 is 1.11 bits per heavy atom. The summed E-state index contributed by atoms with van der Waals surface area (Å²) in [5.74, 6) is -0.168. The molecule has 2 rings (SSSR count). The van der Waals surface area contributed by atoms with Gasteiger partial charge in [-0.25, -0.2) is 8.42 Å². The van der Waals surface area contributed by atoms with E-state index in [1.165, 1.54) is 16.4 Å². The van der Waals surface area contributed by atoms with Gasteiger partial charge in [-0.3, -0.25) is 4.79 Å². The van der Waals surface area contributed by atoms with Crippen LogP contribution >= 0.6 is 11.6 Å². The zero-order chi connectivity index (χ0) is 20.7. The molecule has 1 atom stereocenters. The molecule has 2 aromatic rings. The van der Waals surface area contributed by atoms with E-state index in [1.54, 1.807) is 26.0 Å². The number of hydrogen-bond acceptors (Lipinski definition) is 3. The van der Waals surface area contributed by atoms with Gasteiger partial charge in [-0.15, -0.1) is 0 Å². The molecule has 0 heterocycles. The number of carbonyl (C=O) groups excluding carboxylic acids is 1. The summed E-state index contributed by atoms with van der Waals surface area (Å²) in [5.41, 5.74) is 1.53. The van der Waals surface area contributed by atoms with Crippen LogP contribution in [0.2, 0.25) is 5.02 Å². The molecule has 152 valence electrons. The molecule has 0 saturated heterocycles. The maximum Gasteiger partial charge on any atom is 0.279 e. The summed E-state index contributed by atoms with van der Waals surface area (Å²) in [6.07, 6.45) is 0. The third-order valence-corrected chi connectivity index (χ3v) is 6.94. The molecule has 3 N–H and O–H groups in total. The van der Waals surface area contributed by atoms with Crippen LogP contribution in [0.4, 0.5) is 5.69 Å². The SMILES string of the molecule is CCN(CC)S(=O)(=O)c1ccc(NC(=O)C[NH2+][C@H](C)c2ccccc2Cl)cc1. The highest BCUT2D eigenvalue weighted by atomic mass is 35.5. The lowest BCUT2D eigenvalue weighted by molar-refractivity contribution is -0.682. The number of hydrogen-bond donors (Lipinski definition) is 2. The minimum Gasteiger partial charge on any atom is -0.332 e. The Morgan fingerprint density at radius 2 is 1.71 bits per heavy atom. The Labute approximate surface area is 171 Å². The molecule has 0 unspecified atom stereocenters. The van der Waals surface area contributed by atoms with Gasteiger partial charge in [-0.1, -0.05) is 43.6 Å². The Hall–Kier alpha value is -1.93. The van der Waals surface area contributed by atoms with E-state index in [1.807, 2.05) is 36.5 Å². The van der Waals surface area contributed by atoms with Gasteiger partial charge in [0, 0.05) is 29.4 Å². The van der Waals surface area contributed by atoms with Gasteiger partial charge in [0.2, 0.25) is 10.0 Å². The Bertz CT molecular complexity index is 897. The van der Waals surface area contributed by atoms with Gasteiger partial charge in [0.15, 0.2) is 6.54 Å². The third-order valence-electron chi connectivity index (χ3n) is 4.53. The fourth-order valence-corrected chi connectivity index (χ4v) is 4.66. The summed E-state index contributed by atoms with van der Waals surface area (Å²) in [6.45, 7) is 6.65. The van der Waals surface area contributed by atoms with E-state index in [4.69, 9.17) is 11.6 Å². The number of halogens is 1. The van der Waals surface area contributed by atoms with Crippen molar-refractivity contribution >= 4 is 33.2 Å². The number of carbonyl (C=O) groups is 1. The molecule has 1 amide bonds. The monoisotopic (exact) mass is 424 g/mol. The molecule has 0 aliphatic rings. The lowest BCUT2D eigenvalue weighted by Crippen LogP contribution is -2.86. The van der Waals surface area contributed by atoms with Gasteiger partial charge < -0.3 is 10.6 Å². The number of nitrogens with zero attached hydrogens (tertiary/aromatic N) is 1. The molecule has 0 fully saturated rings. The average Bonchev–Trinajstić information content (AvgIpc) is 2.67. The van der Waals surface area contributed by atoms with E-state index in [-0.39, 0.29) is 23.4 Å². The van der Waals surface area contributed by atoms with Crippen LogP contribution in [0.1, 0.15) is 32.4 Å². The summed E-state index contributed by atoms with van der Waals surface area (Å²) < 4.78 is 26.4. The lowest BCUT2D eigenvalue weighted by Gasteiger charge is -2.18. The van der Waals surface area contributed by atoms with Crippen molar-refractivity contribution < 1.29 is 18.5 Å². The zero-order valence-electron chi connectivity index (χ0n) is 16.4. The van der Waals surface area contributed by atoms with E-state index in [0.29, 0.717) is 23.8 Å². The number of sulfonamides is 1. The zero-order valence-corrected chi connectivity index (χ0v) is 17.9. The highest BCUT2D eigenvalue weighted by molar-refractivity contribution is 7.89. The van der Waals surface area contributed by atoms with E-state index in [0.717, 1.165) is 5.56 Å². The molecule has 2 aromatic carbocycles. The maximum atomic E-state index is 12.5. The highest BCUT2D eigenvalue weighted by Gasteiger charge is 2.21. The first-order valence-electron chi connectivity index (χ1n) is 9.27. The summed E-state index contributed by atoms with van der Waals surface area (Å²) in [6, 6.07) is 13.8. The molecule has 6 nitrogen and oxygen atoms in total. The van der Waals surface area contributed by atoms with Crippen molar-refractivity contribution in [3.8, 4) is 0 Å². The van der Waals surface area contributed by atoms with Gasteiger partial charge >= 0.3 is 0 Å². The number of nitrogens with two attached hydrogens (primary N) is 1. The first-order valence-corrected chi connectivity index (χ1v) is 11.1. The smallest absolute Gasteiger partial charge is 0.279 e. The van der Waals surface area contributed by atoms with Crippen LogP contribution in [0, 0.1) is 0 Å². The second-order valence-corrected chi connectivity index (χ2v) is 8.76. The van der Waals surface area contributed by atoms with Crippen molar-refractivity contribution in [1.82, 2.24) is 4.31 Å². The van der Waals surface area contributed by atoms with E-state index in [9.17, 15) is 13.2 Å². The first-order chi connectivity index (χ1) is 13.3. The van der Waals surface area contributed by atoms with Gasteiger partial charge in [0.25, 0.3) is 5.91 Å². The number of rotatable bonds is 9. The number of benzene rings is 2. The van der Waals surface area contributed by atoms with E-state index < -0.39 is 10.0 Å². The Balaban J connectivity index is 1.95. The number of nitrogens with one attached hydrogen (secondary N) is 1. The quantitative estimate of drug-likeness (QED) is 0.649. The minimum absolute atomic E-state index is 0.0426. The van der Waals surface area contributed by atoms with Crippen molar-refractivity contribution in [2.45, 2.75) is 31.7 Å². The van der Waals surface area contributed by atoms with Crippen molar-refractivity contribution in [3.05, 3.63) is 59.1 Å². The van der Waals surface area contributed by atoms with Crippen LogP contribution in [0.5, 0.6) is 0 Å². The lowest BCUT2D eigenvalue weighted by atomic mass is 10.1. The third kappa shape index (κ3) is 5.54. The minimum atomic E-state index is -3.50. The molecular formula is C20H27ClN3O3S+. The van der Waals surface area contributed by atoms with Crippen molar-refractivity contribution in [2.24, 2.45) is 0 Å². The summed E-state index contributed by atoms with van der Waals surface area (Å²) in [4.78, 5) is 12.4. The fourth-order valence-electron chi connectivity index (χ4n) is 2.89. The largest absolute Gasteiger partial charge is 0.332 e. The topological polar surface area (TPSA) is 83.1 Å². The van der Waals surface area contributed by atoms with Gasteiger partial charge in [-0.05, 0) is 37.3 Å². The van der Waals surface area contributed by atoms with Crippen LogP contribution in [0.3, 0.4) is 0 Å². The predicted octanol–water partition coefficient (Wildman–Crippen LogP) is 2.63. The molecule has 0 saturated carbocycles. The molecule has 28 heavy (non-hydrogen) atoms. The molecule has 0 spiro atoms. The summed E-state index contributed by atoms with van der Waals surface area (Å²) in [5, 5.41) is 5.36. The van der Waals surface area contributed by atoms with E-state index >= 15 is 0 Å². The van der Waals surface area contributed by atoms with Crippen molar-refractivity contribution in [1.29, 1.82) is 0 Å². The number of quaternary nitrogens is 1. The first kappa shape index (κ1) is 22.4. The van der Waals surface area contributed by atoms with Crippen LogP contribution in [-0.4, -0.2) is 38.3 Å². The normalized spacial score (nSPS) is 12.8. The molecule has 0 aliphatic heterocycles.